The summed E-state index contributed by atoms with van der Waals surface area (Å²) in [5.41, 5.74) is 0.747. The van der Waals surface area contributed by atoms with Crippen LogP contribution < -0.4 is 20.3 Å². The van der Waals surface area contributed by atoms with E-state index in [1.54, 1.807) is 42.1 Å². The Hall–Kier alpha value is -3.59. The van der Waals surface area contributed by atoms with Gasteiger partial charge in [0.05, 0.1) is 37.8 Å². The standard InChI is InChI=1S/C23H25N5O4/c1-23(2)16(10-19(29)15-9-14(31-3)5-6-20(15)32-4)22-27-18(17-7-8-24-12-25-17)11-21(30)28(22)13-26-23/h5-9,11-12,16,26H,10,13H2,1-4H3. The van der Waals surface area contributed by atoms with E-state index in [0.29, 0.717) is 40.9 Å². The molecule has 3 aromatic rings. The third-order valence-corrected chi connectivity index (χ3v) is 5.85. The molecule has 0 bridgehead atoms. The summed E-state index contributed by atoms with van der Waals surface area (Å²) in [5, 5.41) is 3.36. The first-order valence-corrected chi connectivity index (χ1v) is 10.2. The molecule has 0 radical (unpaired) electrons. The summed E-state index contributed by atoms with van der Waals surface area (Å²) >= 11 is 0. The molecule has 9 heteroatoms. The molecule has 0 saturated heterocycles. The van der Waals surface area contributed by atoms with Gasteiger partial charge in [0.2, 0.25) is 0 Å². The lowest BCUT2D eigenvalue weighted by Gasteiger charge is -2.40. The number of hydrogen-bond donors (Lipinski definition) is 1. The Bertz CT molecular complexity index is 1210. The number of Topliss-reactive ketones (excluding diaryl/α,β-unsaturated/α-hetero) is 1. The quantitative estimate of drug-likeness (QED) is 0.588. The monoisotopic (exact) mass is 435 g/mol. The highest BCUT2D eigenvalue weighted by Crippen LogP contribution is 2.36. The molecule has 1 aliphatic rings. The van der Waals surface area contributed by atoms with Crippen molar-refractivity contribution < 1.29 is 14.3 Å². The van der Waals surface area contributed by atoms with E-state index < -0.39 is 5.54 Å². The lowest BCUT2D eigenvalue weighted by molar-refractivity contribution is 0.0937. The fourth-order valence-electron chi connectivity index (χ4n) is 3.92. The molecular formula is C23H25N5O4. The highest BCUT2D eigenvalue weighted by Gasteiger charge is 2.39. The van der Waals surface area contributed by atoms with E-state index in [0.717, 1.165) is 0 Å². The predicted octanol–water partition coefficient (Wildman–Crippen LogP) is 2.41. The summed E-state index contributed by atoms with van der Waals surface area (Å²) in [5.74, 6) is 1.09. The fourth-order valence-corrected chi connectivity index (χ4v) is 3.92. The maximum absolute atomic E-state index is 13.4. The number of fused-ring (bicyclic) bond motifs is 1. The van der Waals surface area contributed by atoms with Crippen LogP contribution in [0, 0.1) is 0 Å². The predicted molar refractivity (Wildman–Crippen MR) is 118 cm³/mol. The van der Waals surface area contributed by atoms with E-state index in [1.165, 1.54) is 19.5 Å². The molecule has 3 heterocycles. The molecule has 0 aliphatic carbocycles. The Morgan fingerprint density at radius 2 is 2.00 bits per heavy atom. The molecule has 1 atom stereocenters. The Kier molecular flexibility index (Phi) is 5.75. The van der Waals surface area contributed by atoms with Gasteiger partial charge < -0.3 is 9.47 Å². The molecule has 1 N–H and O–H groups in total. The van der Waals surface area contributed by atoms with Gasteiger partial charge in [0.15, 0.2) is 5.78 Å². The summed E-state index contributed by atoms with van der Waals surface area (Å²) in [4.78, 5) is 39.2. The van der Waals surface area contributed by atoms with Crippen molar-refractivity contribution in [2.24, 2.45) is 0 Å². The zero-order valence-electron chi connectivity index (χ0n) is 18.5. The van der Waals surface area contributed by atoms with E-state index in [9.17, 15) is 9.59 Å². The van der Waals surface area contributed by atoms with Gasteiger partial charge in [0.1, 0.15) is 23.7 Å². The second-order valence-corrected chi connectivity index (χ2v) is 8.16. The second-order valence-electron chi connectivity index (χ2n) is 8.16. The zero-order chi connectivity index (χ0) is 22.9. The molecular weight excluding hydrogens is 410 g/mol. The number of nitrogens with one attached hydrogen (secondary N) is 1. The van der Waals surface area contributed by atoms with Crippen LogP contribution in [0.3, 0.4) is 0 Å². The smallest absolute Gasteiger partial charge is 0.255 e. The molecule has 0 amide bonds. The average Bonchev–Trinajstić information content (AvgIpc) is 2.80. The summed E-state index contributed by atoms with van der Waals surface area (Å²) in [6.45, 7) is 4.31. The van der Waals surface area contributed by atoms with Gasteiger partial charge in [-0.2, -0.15) is 0 Å². The van der Waals surface area contributed by atoms with Crippen LogP contribution in [0.15, 0.2) is 47.7 Å². The van der Waals surface area contributed by atoms with Gasteiger partial charge in [-0.25, -0.2) is 15.0 Å². The van der Waals surface area contributed by atoms with Crippen molar-refractivity contribution in [3.05, 3.63) is 64.6 Å². The average molecular weight is 435 g/mol. The lowest BCUT2D eigenvalue weighted by atomic mass is 9.80. The topological polar surface area (TPSA) is 108 Å². The van der Waals surface area contributed by atoms with E-state index in [-0.39, 0.29) is 23.7 Å². The SMILES string of the molecule is COc1ccc(OC)c(C(=O)CC2c3nc(-c4ccncn4)cc(=O)n3CNC2(C)C)c1. The number of rotatable bonds is 6. The number of ketones is 1. The molecule has 9 nitrogen and oxygen atoms in total. The highest BCUT2D eigenvalue weighted by atomic mass is 16.5. The minimum atomic E-state index is -0.481. The number of benzene rings is 1. The van der Waals surface area contributed by atoms with Gasteiger partial charge in [0, 0.05) is 30.1 Å². The van der Waals surface area contributed by atoms with Gasteiger partial charge in [-0.1, -0.05) is 0 Å². The van der Waals surface area contributed by atoms with Gasteiger partial charge in [-0.15, -0.1) is 0 Å². The summed E-state index contributed by atoms with van der Waals surface area (Å²) in [7, 11) is 3.07. The van der Waals surface area contributed by atoms with E-state index in [4.69, 9.17) is 14.5 Å². The van der Waals surface area contributed by atoms with E-state index in [1.807, 2.05) is 13.8 Å². The first-order chi connectivity index (χ1) is 15.3. The van der Waals surface area contributed by atoms with Crippen LogP contribution in [0.25, 0.3) is 11.4 Å². The molecule has 0 spiro atoms. The summed E-state index contributed by atoms with van der Waals surface area (Å²) < 4.78 is 12.2. The summed E-state index contributed by atoms with van der Waals surface area (Å²) in [6.07, 6.45) is 3.14. The van der Waals surface area contributed by atoms with Crippen LogP contribution in [-0.2, 0) is 6.67 Å². The molecule has 0 saturated carbocycles. The zero-order valence-corrected chi connectivity index (χ0v) is 18.5. The number of carbonyl (C=O) groups excluding carboxylic acids is 1. The Morgan fingerprint density at radius 1 is 1.19 bits per heavy atom. The molecule has 1 aromatic carbocycles. The number of hydrogen-bond acceptors (Lipinski definition) is 8. The molecule has 2 aromatic heterocycles. The number of ether oxygens (including phenoxy) is 2. The normalized spacial score (nSPS) is 16.8. The van der Waals surface area contributed by atoms with Crippen LogP contribution in [0.5, 0.6) is 11.5 Å². The number of aromatic nitrogens is 4. The third-order valence-electron chi connectivity index (χ3n) is 5.85. The number of methoxy groups -OCH3 is 2. The lowest BCUT2D eigenvalue weighted by Crippen LogP contribution is -2.54. The van der Waals surface area contributed by atoms with Crippen LogP contribution >= 0.6 is 0 Å². The maximum Gasteiger partial charge on any atom is 0.255 e. The van der Waals surface area contributed by atoms with Crippen molar-refractivity contribution in [1.29, 1.82) is 0 Å². The molecule has 1 aliphatic heterocycles. The second kappa shape index (κ2) is 8.51. The molecule has 0 fully saturated rings. The molecule has 166 valence electrons. The number of nitrogens with zero attached hydrogens (tertiary/aromatic N) is 4. The first-order valence-electron chi connectivity index (χ1n) is 10.2. The Morgan fingerprint density at radius 3 is 2.69 bits per heavy atom. The molecule has 1 unspecified atom stereocenters. The molecule has 32 heavy (non-hydrogen) atoms. The van der Waals surface area contributed by atoms with Crippen molar-refractivity contribution in [1.82, 2.24) is 24.8 Å². The van der Waals surface area contributed by atoms with Crippen molar-refractivity contribution in [2.45, 2.75) is 38.4 Å². The fraction of sp³-hybridized carbons (Fsp3) is 0.348. The van der Waals surface area contributed by atoms with E-state index >= 15 is 0 Å². The van der Waals surface area contributed by atoms with Crippen LogP contribution in [-0.4, -0.2) is 45.1 Å². The van der Waals surface area contributed by atoms with Gasteiger partial charge in [0.25, 0.3) is 5.56 Å². The van der Waals surface area contributed by atoms with E-state index in [2.05, 4.69) is 15.3 Å². The minimum absolute atomic E-state index is 0.128. The van der Waals surface area contributed by atoms with Crippen molar-refractivity contribution in [3.8, 4) is 22.9 Å². The first kappa shape index (κ1) is 21.6. The van der Waals surface area contributed by atoms with Crippen LogP contribution in [0.1, 0.15) is 42.4 Å². The van der Waals surface area contributed by atoms with Gasteiger partial charge >= 0.3 is 0 Å². The van der Waals surface area contributed by atoms with Gasteiger partial charge in [-0.3, -0.25) is 19.5 Å². The van der Waals surface area contributed by atoms with Gasteiger partial charge in [-0.05, 0) is 38.1 Å². The van der Waals surface area contributed by atoms with Crippen molar-refractivity contribution in [2.75, 3.05) is 14.2 Å². The van der Waals surface area contributed by atoms with Crippen molar-refractivity contribution >= 4 is 5.78 Å². The number of carbonyl (C=O) groups is 1. The summed E-state index contributed by atoms with van der Waals surface area (Å²) in [6, 6.07) is 8.27. The van der Waals surface area contributed by atoms with Crippen LogP contribution in [0.4, 0.5) is 0 Å². The van der Waals surface area contributed by atoms with Crippen LogP contribution in [0.2, 0.25) is 0 Å². The Labute approximate surface area is 185 Å². The highest BCUT2D eigenvalue weighted by molar-refractivity contribution is 5.99. The third kappa shape index (κ3) is 3.99. The Balaban J connectivity index is 1.78. The maximum atomic E-state index is 13.4. The minimum Gasteiger partial charge on any atom is -0.497 e. The molecule has 4 rings (SSSR count). The largest absolute Gasteiger partial charge is 0.497 e. The van der Waals surface area contributed by atoms with Crippen molar-refractivity contribution in [3.63, 3.8) is 0 Å².